The molecule has 2 N–H and O–H groups in total. The number of halogens is 3. The Balaban J connectivity index is 2.14. The number of thiazole rings is 1. The van der Waals surface area contributed by atoms with Crippen molar-refractivity contribution in [3.8, 4) is 0 Å². The maximum atomic E-state index is 12.8. The summed E-state index contributed by atoms with van der Waals surface area (Å²) in [5, 5.41) is 0.617. The number of anilines is 1. The van der Waals surface area contributed by atoms with Crippen LogP contribution in [0, 0.1) is 5.92 Å². The van der Waals surface area contributed by atoms with Gasteiger partial charge in [-0.1, -0.05) is 0 Å². The third-order valence-electron chi connectivity index (χ3n) is 3.39. The number of methoxy groups -OCH3 is 1. The SMILES string of the molecule is COCc1nc(N2CCCC(C(F)(F)F)C2)sc1CN. The Kier molecular flexibility index (Phi) is 4.87. The number of nitrogens with two attached hydrogens (primary N) is 1. The summed E-state index contributed by atoms with van der Waals surface area (Å²) in [6, 6.07) is 0. The molecule has 1 aromatic heterocycles. The molecule has 1 atom stereocenters. The van der Waals surface area contributed by atoms with Crippen LogP contribution < -0.4 is 10.6 Å². The Hall–Kier alpha value is -0.860. The highest BCUT2D eigenvalue weighted by Gasteiger charge is 2.42. The summed E-state index contributed by atoms with van der Waals surface area (Å²) in [5.74, 6) is -1.27. The van der Waals surface area contributed by atoms with E-state index in [1.165, 1.54) is 11.3 Å². The molecule has 1 unspecified atom stereocenters. The molecule has 0 amide bonds. The predicted molar refractivity (Wildman–Crippen MR) is 71.7 cm³/mol. The van der Waals surface area contributed by atoms with E-state index >= 15 is 0 Å². The van der Waals surface area contributed by atoms with Gasteiger partial charge in [0.1, 0.15) is 0 Å². The molecule has 2 heterocycles. The van der Waals surface area contributed by atoms with Crippen LogP contribution in [0.1, 0.15) is 23.4 Å². The fraction of sp³-hybridized carbons (Fsp3) is 0.750. The first-order valence-electron chi connectivity index (χ1n) is 6.45. The lowest BCUT2D eigenvalue weighted by molar-refractivity contribution is -0.175. The van der Waals surface area contributed by atoms with E-state index in [2.05, 4.69) is 4.98 Å². The molecule has 1 fully saturated rings. The Bertz CT molecular complexity index is 450. The number of alkyl halides is 3. The van der Waals surface area contributed by atoms with Gasteiger partial charge >= 0.3 is 6.18 Å². The van der Waals surface area contributed by atoms with Crippen molar-refractivity contribution in [3.63, 3.8) is 0 Å². The molecule has 2 rings (SSSR count). The van der Waals surface area contributed by atoms with E-state index in [4.69, 9.17) is 10.5 Å². The molecule has 8 heteroatoms. The highest BCUT2D eigenvalue weighted by Crippen LogP contribution is 2.36. The maximum Gasteiger partial charge on any atom is 0.393 e. The smallest absolute Gasteiger partial charge is 0.378 e. The van der Waals surface area contributed by atoms with Crippen LogP contribution in [0.3, 0.4) is 0 Å². The number of aromatic nitrogens is 1. The second-order valence-electron chi connectivity index (χ2n) is 4.83. The number of rotatable bonds is 4. The normalized spacial score (nSPS) is 20.4. The summed E-state index contributed by atoms with van der Waals surface area (Å²) in [6.45, 7) is 1.25. The van der Waals surface area contributed by atoms with Crippen molar-refractivity contribution in [3.05, 3.63) is 10.6 Å². The second kappa shape index (κ2) is 6.28. The van der Waals surface area contributed by atoms with Crippen LogP contribution >= 0.6 is 11.3 Å². The van der Waals surface area contributed by atoms with Gasteiger partial charge in [0.2, 0.25) is 0 Å². The predicted octanol–water partition coefficient (Wildman–Crippen LogP) is 2.53. The minimum atomic E-state index is -4.14. The van der Waals surface area contributed by atoms with Gasteiger partial charge in [-0.2, -0.15) is 13.2 Å². The van der Waals surface area contributed by atoms with Gasteiger partial charge in [0.25, 0.3) is 0 Å². The first-order valence-corrected chi connectivity index (χ1v) is 7.26. The Morgan fingerprint density at radius 2 is 2.25 bits per heavy atom. The lowest BCUT2D eigenvalue weighted by Crippen LogP contribution is -2.41. The van der Waals surface area contributed by atoms with Gasteiger partial charge in [0.05, 0.1) is 18.2 Å². The van der Waals surface area contributed by atoms with Crippen molar-refractivity contribution in [2.24, 2.45) is 11.7 Å². The number of nitrogens with zero attached hydrogens (tertiary/aromatic N) is 2. The Morgan fingerprint density at radius 1 is 1.50 bits per heavy atom. The molecule has 0 spiro atoms. The average Bonchev–Trinajstić information content (AvgIpc) is 2.82. The van der Waals surface area contributed by atoms with E-state index in [0.29, 0.717) is 31.2 Å². The summed E-state index contributed by atoms with van der Waals surface area (Å²) >= 11 is 1.36. The van der Waals surface area contributed by atoms with Gasteiger partial charge in [-0.25, -0.2) is 4.98 Å². The van der Waals surface area contributed by atoms with Crippen LogP contribution in [0.25, 0.3) is 0 Å². The molecule has 0 radical (unpaired) electrons. The molecule has 0 bridgehead atoms. The van der Waals surface area contributed by atoms with E-state index in [0.717, 1.165) is 10.6 Å². The first kappa shape index (κ1) is 15.5. The summed E-state index contributed by atoms with van der Waals surface area (Å²) in [4.78, 5) is 6.97. The summed E-state index contributed by atoms with van der Waals surface area (Å²) in [7, 11) is 1.56. The number of piperidine rings is 1. The lowest BCUT2D eigenvalue weighted by atomic mass is 9.98. The standard InChI is InChI=1S/C12H18F3N3OS/c1-19-7-9-10(5-16)20-11(17-9)18-4-2-3-8(6-18)12(13,14)15/h8H,2-7,16H2,1H3. The van der Waals surface area contributed by atoms with E-state index in [1.54, 1.807) is 12.0 Å². The highest BCUT2D eigenvalue weighted by atomic mass is 32.1. The van der Waals surface area contributed by atoms with Gasteiger partial charge < -0.3 is 15.4 Å². The molecule has 0 aliphatic carbocycles. The van der Waals surface area contributed by atoms with E-state index in [-0.39, 0.29) is 13.0 Å². The molecular formula is C12H18F3N3OS. The van der Waals surface area contributed by atoms with Gasteiger partial charge in [-0.05, 0) is 12.8 Å². The molecule has 20 heavy (non-hydrogen) atoms. The highest BCUT2D eigenvalue weighted by molar-refractivity contribution is 7.15. The summed E-state index contributed by atoms with van der Waals surface area (Å²) in [5.41, 5.74) is 6.36. The molecule has 1 saturated heterocycles. The molecule has 0 saturated carbocycles. The van der Waals surface area contributed by atoms with E-state index in [9.17, 15) is 13.2 Å². The quantitative estimate of drug-likeness (QED) is 0.928. The van der Waals surface area contributed by atoms with Crippen LogP contribution in [0.4, 0.5) is 18.3 Å². The monoisotopic (exact) mass is 309 g/mol. The van der Waals surface area contributed by atoms with Gasteiger partial charge in [-0.3, -0.25) is 0 Å². The van der Waals surface area contributed by atoms with E-state index < -0.39 is 12.1 Å². The fourth-order valence-electron chi connectivity index (χ4n) is 2.33. The van der Waals surface area contributed by atoms with Gasteiger partial charge in [-0.15, -0.1) is 11.3 Å². The second-order valence-corrected chi connectivity index (χ2v) is 5.89. The Labute approximate surface area is 119 Å². The number of hydrogen-bond donors (Lipinski definition) is 1. The van der Waals surface area contributed by atoms with Gasteiger partial charge in [0, 0.05) is 31.6 Å². The topological polar surface area (TPSA) is 51.4 Å². The molecule has 1 aliphatic rings. The van der Waals surface area contributed by atoms with Gasteiger partial charge in [0.15, 0.2) is 5.13 Å². The summed E-state index contributed by atoms with van der Waals surface area (Å²) in [6.07, 6.45) is -3.41. The van der Waals surface area contributed by atoms with Crippen molar-refractivity contribution < 1.29 is 17.9 Å². The summed E-state index contributed by atoms with van der Waals surface area (Å²) < 4.78 is 43.5. The molecule has 4 nitrogen and oxygen atoms in total. The van der Waals surface area contributed by atoms with Crippen LogP contribution in [0.5, 0.6) is 0 Å². The molecule has 1 aliphatic heterocycles. The largest absolute Gasteiger partial charge is 0.393 e. The van der Waals surface area contributed by atoms with E-state index in [1.807, 2.05) is 0 Å². The zero-order valence-corrected chi connectivity index (χ0v) is 12.1. The minimum absolute atomic E-state index is 0.0204. The fourth-order valence-corrected chi connectivity index (χ4v) is 3.31. The molecule has 1 aromatic rings. The lowest BCUT2D eigenvalue weighted by Gasteiger charge is -2.33. The zero-order chi connectivity index (χ0) is 14.8. The van der Waals surface area contributed by atoms with Crippen molar-refractivity contribution in [1.82, 2.24) is 4.98 Å². The van der Waals surface area contributed by atoms with Crippen LogP contribution in [0.2, 0.25) is 0 Å². The minimum Gasteiger partial charge on any atom is -0.378 e. The molecular weight excluding hydrogens is 291 g/mol. The average molecular weight is 309 g/mol. The molecule has 114 valence electrons. The zero-order valence-electron chi connectivity index (χ0n) is 11.2. The van der Waals surface area contributed by atoms with Crippen LogP contribution in [-0.2, 0) is 17.9 Å². The third kappa shape index (κ3) is 3.42. The maximum absolute atomic E-state index is 12.8. The number of hydrogen-bond acceptors (Lipinski definition) is 5. The molecule has 0 aromatic carbocycles. The third-order valence-corrected chi connectivity index (χ3v) is 4.57. The van der Waals surface area contributed by atoms with Crippen molar-refractivity contribution in [1.29, 1.82) is 0 Å². The van der Waals surface area contributed by atoms with Crippen molar-refractivity contribution >= 4 is 16.5 Å². The number of ether oxygens (including phenoxy) is 1. The van der Waals surface area contributed by atoms with Crippen LogP contribution in [-0.4, -0.2) is 31.4 Å². The first-order chi connectivity index (χ1) is 9.45. The van der Waals surface area contributed by atoms with Crippen molar-refractivity contribution in [2.75, 3.05) is 25.1 Å². The van der Waals surface area contributed by atoms with Crippen molar-refractivity contribution in [2.45, 2.75) is 32.2 Å². The van der Waals surface area contributed by atoms with Crippen LogP contribution in [0.15, 0.2) is 0 Å². The Morgan fingerprint density at radius 3 is 2.85 bits per heavy atom.